The molecule has 0 heterocycles. The van der Waals surface area contributed by atoms with Crippen molar-refractivity contribution >= 4 is 6.29 Å². The van der Waals surface area contributed by atoms with E-state index in [1.165, 1.54) is 0 Å². The van der Waals surface area contributed by atoms with E-state index in [1.54, 1.807) is 25.3 Å². The normalized spacial score (nSPS) is 10.2. The molecule has 134 valence electrons. The van der Waals surface area contributed by atoms with Crippen molar-refractivity contribution in [1.29, 1.82) is 0 Å². The number of rotatable bonds is 11. The average molecular weight is 344 g/mol. The SMILES string of the molecule is CCOc1ccc(OCCCCOc2ccc(C=O)cc2OC)cc1. The van der Waals surface area contributed by atoms with E-state index in [2.05, 4.69) is 0 Å². The van der Waals surface area contributed by atoms with Gasteiger partial charge in [0, 0.05) is 5.56 Å². The molecule has 25 heavy (non-hydrogen) atoms. The second-order valence-corrected chi connectivity index (χ2v) is 5.34. The minimum Gasteiger partial charge on any atom is -0.494 e. The molecule has 0 saturated carbocycles. The summed E-state index contributed by atoms with van der Waals surface area (Å²) in [5, 5.41) is 0. The molecule has 0 aliphatic carbocycles. The molecule has 0 aromatic heterocycles. The number of hydrogen-bond donors (Lipinski definition) is 0. The summed E-state index contributed by atoms with van der Waals surface area (Å²) in [5.41, 5.74) is 0.563. The number of carbonyl (C=O) groups is 1. The smallest absolute Gasteiger partial charge is 0.161 e. The van der Waals surface area contributed by atoms with Crippen molar-refractivity contribution in [3.8, 4) is 23.0 Å². The lowest BCUT2D eigenvalue weighted by atomic mass is 10.2. The first-order chi connectivity index (χ1) is 12.3. The number of ether oxygens (including phenoxy) is 4. The largest absolute Gasteiger partial charge is 0.494 e. The highest BCUT2D eigenvalue weighted by atomic mass is 16.5. The molecular formula is C20H24O5. The van der Waals surface area contributed by atoms with Gasteiger partial charge in [-0.15, -0.1) is 0 Å². The maximum Gasteiger partial charge on any atom is 0.161 e. The lowest BCUT2D eigenvalue weighted by Crippen LogP contribution is -2.03. The topological polar surface area (TPSA) is 54.0 Å². The van der Waals surface area contributed by atoms with Crippen LogP contribution in [0.25, 0.3) is 0 Å². The summed E-state index contributed by atoms with van der Waals surface area (Å²) in [4.78, 5) is 10.8. The maximum absolute atomic E-state index is 10.8. The lowest BCUT2D eigenvalue weighted by molar-refractivity contribution is 0.112. The van der Waals surface area contributed by atoms with Gasteiger partial charge >= 0.3 is 0 Å². The van der Waals surface area contributed by atoms with Crippen molar-refractivity contribution in [2.75, 3.05) is 26.9 Å². The summed E-state index contributed by atoms with van der Waals surface area (Å²) in [7, 11) is 1.56. The Bertz CT molecular complexity index is 652. The quantitative estimate of drug-likeness (QED) is 0.453. The summed E-state index contributed by atoms with van der Waals surface area (Å²) in [6.07, 6.45) is 2.52. The number of hydrogen-bond acceptors (Lipinski definition) is 5. The molecule has 0 spiro atoms. The van der Waals surface area contributed by atoms with Gasteiger partial charge in [0.25, 0.3) is 0 Å². The molecule has 0 bridgehead atoms. The van der Waals surface area contributed by atoms with Crippen LogP contribution in [0.3, 0.4) is 0 Å². The number of unbranched alkanes of at least 4 members (excludes halogenated alkanes) is 1. The van der Waals surface area contributed by atoms with Crippen LogP contribution in [0.4, 0.5) is 0 Å². The van der Waals surface area contributed by atoms with Crippen LogP contribution >= 0.6 is 0 Å². The van der Waals surface area contributed by atoms with Crippen LogP contribution in [0, 0.1) is 0 Å². The second-order valence-electron chi connectivity index (χ2n) is 5.34. The summed E-state index contributed by atoms with van der Waals surface area (Å²) in [6, 6.07) is 12.7. The van der Waals surface area contributed by atoms with Crippen LogP contribution in [0.5, 0.6) is 23.0 Å². The number of methoxy groups -OCH3 is 1. The zero-order valence-electron chi connectivity index (χ0n) is 14.7. The van der Waals surface area contributed by atoms with Crippen LogP contribution in [-0.4, -0.2) is 33.2 Å². The molecule has 2 aromatic rings. The van der Waals surface area contributed by atoms with Crippen molar-refractivity contribution < 1.29 is 23.7 Å². The van der Waals surface area contributed by atoms with Gasteiger partial charge in [0.2, 0.25) is 0 Å². The van der Waals surface area contributed by atoms with E-state index in [9.17, 15) is 4.79 Å². The average Bonchev–Trinajstić information content (AvgIpc) is 2.66. The van der Waals surface area contributed by atoms with Crippen LogP contribution in [0.1, 0.15) is 30.1 Å². The van der Waals surface area contributed by atoms with Crippen molar-refractivity contribution in [2.45, 2.75) is 19.8 Å². The molecule has 0 amide bonds. The van der Waals surface area contributed by atoms with Crippen molar-refractivity contribution in [2.24, 2.45) is 0 Å². The third-order valence-electron chi connectivity index (χ3n) is 3.52. The van der Waals surface area contributed by atoms with Gasteiger partial charge in [-0.1, -0.05) is 0 Å². The van der Waals surface area contributed by atoms with E-state index < -0.39 is 0 Å². The standard InChI is InChI=1S/C20H24O5/c1-3-23-17-7-9-18(10-8-17)24-12-4-5-13-25-19-11-6-16(15-21)14-20(19)22-2/h6-11,14-15H,3-5,12-13H2,1-2H3. The zero-order valence-corrected chi connectivity index (χ0v) is 14.7. The van der Waals surface area contributed by atoms with Gasteiger partial charge in [-0.25, -0.2) is 0 Å². The third-order valence-corrected chi connectivity index (χ3v) is 3.52. The Labute approximate surface area is 148 Å². The molecular weight excluding hydrogens is 320 g/mol. The highest BCUT2D eigenvalue weighted by Crippen LogP contribution is 2.27. The summed E-state index contributed by atoms with van der Waals surface area (Å²) in [5.74, 6) is 2.88. The first kappa shape index (κ1) is 18.6. The molecule has 0 aliphatic heterocycles. The summed E-state index contributed by atoms with van der Waals surface area (Å²) < 4.78 is 22.0. The van der Waals surface area contributed by atoms with Gasteiger partial charge in [0.15, 0.2) is 11.5 Å². The van der Waals surface area contributed by atoms with E-state index in [-0.39, 0.29) is 0 Å². The Kier molecular flexibility index (Phi) is 7.63. The van der Waals surface area contributed by atoms with Gasteiger partial charge in [-0.3, -0.25) is 4.79 Å². The van der Waals surface area contributed by atoms with Gasteiger partial charge < -0.3 is 18.9 Å². The Balaban J connectivity index is 1.67. The fourth-order valence-corrected chi connectivity index (χ4v) is 2.25. The lowest BCUT2D eigenvalue weighted by Gasteiger charge is -2.11. The third kappa shape index (κ3) is 6.03. The van der Waals surface area contributed by atoms with E-state index >= 15 is 0 Å². The Morgan fingerprint density at radius 1 is 0.840 bits per heavy atom. The molecule has 0 aliphatic rings. The minimum absolute atomic E-state index is 0.559. The Morgan fingerprint density at radius 3 is 2.08 bits per heavy atom. The minimum atomic E-state index is 0.559. The van der Waals surface area contributed by atoms with Crippen LogP contribution < -0.4 is 18.9 Å². The van der Waals surface area contributed by atoms with Gasteiger partial charge in [0.1, 0.15) is 17.8 Å². The van der Waals surface area contributed by atoms with Crippen molar-refractivity contribution in [3.05, 3.63) is 48.0 Å². The summed E-state index contributed by atoms with van der Waals surface area (Å²) in [6.45, 7) is 3.80. The molecule has 5 nitrogen and oxygen atoms in total. The second kappa shape index (κ2) is 10.2. The predicted molar refractivity (Wildman–Crippen MR) is 96.2 cm³/mol. The highest BCUT2D eigenvalue weighted by molar-refractivity contribution is 5.76. The van der Waals surface area contributed by atoms with Crippen molar-refractivity contribution in [1.82, 2.24) is 0 Å². The number of aldehydes is 1. The van der Waals surface area contributed by atoms with E-state index in [4.69, 9.17) is 18.9 Å². The van der Waals surface area contributed by atoms with Crippen LogP contribution in [-0.2, 0) is 0 Å². The van der Waals surface area contributed by atoms with E-state index in [1.807, 2.05) is 31.2 Å². The van der Waals surface area contributed by atoms with Crippen molar-refractivity contribution in [3.63, 3.8) is 0 Å². The predicted octanol–water partition coefficient (Wildman–Crippen LogP) is 4.14. The fraction of sp³-hybridized carbons (Fsp3) is 0.350. The van der Waals surface area contributed by atoms with Crippen LogP contribution in [0.15, 0.2) is 42.5 Å². The molecule has 0 fully saturated rings. The fourth-order valence-electron chi connectivity index (χ4n) is 2.25. The monoisotopic (exact) mass is 344 g/mol. The first-order valence-corrected chi connectivity index (χ1v) is 8.38. The molecule has 5 heteroatoms. The zero-order chi connectivity index (χ0) is 17.9. The molecule has 0 atom stereocenters. The Morgan fingerprint density at radius 2 is 1.48 bits per heavy atom. The van der Waals surface area contributed by atoms with Gasteiger partial charge in [0.05, 0.1) is 26.9 Å². The number of carbonyl (C=O) groups excluding carboxylic acids is 1. The van der Waals surface area contributed by atoms with Gasteiger partial charge in [-0.2, -0.15) is 0 Å². The summed E-state index contributed by atoms with van der Waals surface area (Å²) >= 11 is 0. The first-order valence-electron chi connectivity index (χ1n) is 8.38. The molecule has 0 unspecified atom stereocenters. The maximum atomic E-state index is 10.8. The molecule has 0 N–H and O–H groups in total. The molecule has 2 rings (SSSR count). The van der Waals surface area contributed by atoms with E-state index in [0.29, 0.717) is 36.9 Å². The molecule has 0 saturated heterocycles. The Hall–Kier alpha value is -2.69. The van der Waals surface area contributed by atoms with Crippen LogP contribution in [0.2, 0.25) is 0 Å². The number of benzene rings is 2. The van der Waals surface area contributed by atoms with Gasteiger partial charge in [-0.05, 0) is 62.2 Å². The molecule has 2 aromatic carbocycles. The highest BCUT2D eigenvalue weighted by Gasteiger charge is 2.05. The van der Waals surface area contributed by atoms with E-state index in [0.717, 1.165) is 30.6 Å². The molecule has 0 radical (unpaired) electrons.